The Morgan fingerprint density at radius 3 is 2.06 bits per heavy atom. The van der Waals surface area contributed by atoms with Crippen LogP contribution in [0.4, 0.5) is 0 Å². The van der Waals surface area contributed by atoms with Gasteiger partial charge >= 0.3 is 11.9 Å². The van der Waals surface area contributed by atoms with Crippen molar-refractivity contribution in [2.45, 2.75) is 62.9 Å². The number of hydrogen-bond donors (Lipinski definition) is 7. The van der Waals surface area contributed by atoms with E-state index >= 15 is 0 Å². The lowest BCUT2D eigenvalue weighted by atomic mass is 10.0. The maximum absolute atomic E-state index is 12.9. The average molecular weight is 527 g/mol. The number of amides is 3. The molecule has 5 unspecified atom stereocenters. The van der Waals surface area contributed by atoms with E-state index in [1.807, 2.05) is 6.26 Å². The molecular formula is C23H34N4O8S. The summed E-state index contributed by atoms with van der Waals surface area (Å²) in [7, 11) is 0. The third-order valence-electron chi connectivity index (χ3n) is 5.21. The Balaban J connectivity index is 2.98. The van der Waals surface area contributed by atoms with E-state index in [1.165, 1.54) is 18.7 Å². The first-order valence-corrected chi connectivity index (χ1v) is 12.7. The minimum Gasteiger partial charge on any atom is -0.481 e. The molecule has 3 amide bonds. The second-order valence-corrected chi connectivity index (χ2v) is 9.18. The summed E-state index contributed by atoms with van der Waals surface area (Å²) in [4.78, 5) is 60.9. The molecule has 0 bridgehead atoms. The van der Waals surface area contributed by atoms with Crippen LogP contribution in [0, 0.1) is 0 Å². The Morgan fingerprint density at radius 1 is 0.917 bits per heavy atom. The molecule has 13 heteroatoms. The van der Waals surface area contributed by atoms with Gasteiger partial charge in [0, 0.05) is 12.8 Å². The molecule has 0 radical (unpaired) electrons. The van der Waals surface area contributed by atoms with Crippen molar-refractivity contribution in [2.75, 3.05) is 12.0 Å². The fraction of sp³-hybridized carbons (Fsp3) is 0.522. The zero-order valence-corrected chi connectivity index (χ0v) is 21.0. The Kier molecular flexibility index (Phi) is 13.5. The fourth-order valence-corrected chi connectivity index (χ4v) is 3.65. The number of carboxylic acid groups (broad SMARTS) is 2. The number of hydrogen-bond acceptors (Lipinski definition) is 8. The highest BCUT2D eigenvalue weighted by Gasteiger charge is 2.32. The molecule has 0 spiro atoms. The first kappa shape index (κ1) is 30.9. The molecule has 0 saturated heterocycles. The van der Waals surface area contributed by atoms with Gasteiger partial charge in [0.1, 0.15) is 18.1 Å². The number of aliphatic hydroxyl groups is 1. The molecule has 1 rings (SSSR count). The number of benzene rings is 1. The van der Waals surface area contributed by atoms with Crippen molar-refractivity contribution >= 4 is 41.4 Å². The maximum atomic E-state index is 12.9. The maximum Gasteiger partial charge on any atom is 0.326 e. The molecule has 0 saturated carbocycles. The van der Waals surface area contributed by atoms with Gasteiger partial charge in [-0.05, 0) is 37.3 Å². The van der Waals surface area contributed by atoms with E-state index in [0.717, 1.165) is 0 Å². The minimum absolute atomic E-state index is 0.0399. The first-order chi connectivity index (χ1) is 17.0. The molecular weight excluding hydrogens is 492 g/mol. The van der Waals surface area contributed by atoms with E-state index in [4.69, 9.17) is 10.8 Å². The summed E-state index contributed by atoms with van der Waals surface area (Å²) in [6.45, 7) is 1.25. The summed E-state index contributed by atoms with van der Waals surface area (Å²) in [5.74, 6) is -4.49. The van der Waals surface area contributed by atoms with Gasteiger partial charge in [-0.2, -0.15) is 11.8 Å². The number of thioether (sulfide) groups is 1. The topological polar surface area (TPSA) is 208 Å². The van der Waals surface area contributed by atoms with E-state index in [-0.39, 0.29) is 12.8 Å². The van der Waals surface area contributed by atoms with Crippen molar-refractivity contribution in [1.29, 1.82) is 0 Å². The number of nitrogens with one attached hydrogen (secondary N) is 3. The van der Waals surface area contributed by atoms with Crippen molar-refractivity contribution in [3.8, 4) is 0 Å². The Labute approximate surface area is 213 Å². The second-order valence-electron chi connectivity index (χ2n) is 8.20. The lowest BCUT2D eigenvalue weighted by Crippen LogP contribution is -2.60. The van der Waals surface area contributed by atoms with Crippen LogP contribution in [0.1, 0.15) is 31.7 Å². The van der Waals surface area contributed by atoms with Crippen molar-refractivity contribution < 1.29 is 39.3 Å². The number of rotatable bonds is 16. The molecule has 0 aromatic heterocycles. The molecule has 1 aromatic carbocycles. The molecule has 5 atom stereocenters. The minimum atomic E-state index is -1.47. The van der Waals surface area contributed by atoms with E-state index < -0.39 is 66.4 Å². The predicted octanol–water partition coefficient (Wildman–Crippen LogP) is -0.906. The largest absolute Gasteiger partial charge is 0.481 e. The highest BCUT2D eigenvalue weighted by molar-refractivity contribution is 7.98. The van der Waals surface area contributed by atoms with Gasteiger partial charge in [-0.1, -0.05) is 30.3 Å². The van der Waals surface area contributed by atoms with Gasteiger partial charge in [-0.15, -0.1) is 0 Å². The average Bonchev–Trinajstić information content (AvgIpc) is 2.82. The van der Waals surface area contributed by atoms with Crippen LogP contribution in [-0.4, -0.2) is 87.3 Å². The first-order valence-electron chi connectivity index (χ1n) is 11.3. The number of nitrogens with two attached hydrogens (primary N) is 1. The smallest absolute Gasteiger partial charge is 0.326 e. The standard InChI is InChI=1S/C23H34N4O8S/c1-13(28)19(27-20(31)15(24)10-11-36-2)22(33)25-16(8-9-18(29)30)21(32)26-17(23(34)35)12-14-6-4-3-5-7-14/h3-7,13,15-17,19,28H,8-12,24H2,1-2H3,(H,25,33)(H,26,32)(H,27,31)(H,29,30)(H,34,35). The van der Waals surface area contributed by atoms with Gasteiger partial charge in [0.25, 0.3) is 0 Å². The number of aliphatic hydroxyl groups excluding tert-OH is 1. The SMILES string of the molecule is CSCCC(N)C(=O)NC(C(=O)NC(CCC(=O)O)C(=O)NC(Cc1ccccc1)C(=O)O)C(C)O. The zero-order valence-electron chi connectivity index (χ0n) is 20.2. The zero-order chi connectivity index (χ0) is 27.3. The van der Waals surface area contributed by atoms with Crippen molar-refractivity contribution in [3.63, 3.8) is 0 Å². The van der Waals surface area contributed by atoms with Crippen LogP contribution in [-0.2, 0) is 30.4 Å². The summed E-state index contributed by atoms with van der Waals surface area (Å²) in [5.41, 5.74) is 6.45. The Bertz CT molecular complexity index is 899. The van der Waals surface area contributed by atoms with Crippen molar-refractivity contribution in [2.24, 2.45) is 5.73 Å². The summed E-state index contributed by atoms with van der Waals surface area (Å²) < 4.78 is 0. The van der Waals surface area contributed by atoms with Crippen LogP contribution < -0.4 is 21.7 Å². The normalized spacial score (nSPS) is 15.0. The third-order valence-corrected chi connectivity index (χ3v) is 5.85. The number of aliphatic carboxylic acids is 2. The number of carbonyl (C=O) groups excluding carboxylic acids is 3. The highest BCUT2D eigenvalue weighted by atomic mass is 32.2. The van der Waals surface area contributed by atoms with Crippen LogP contribution >= 0.6 is 11.8 Å². The van der Waals surface area contributed by atoms with Crippen LogP contribution in [0.2, 0.25) is 0 Å². The third kappa shape index (κ3) is 11.1. The quantitative estimate of drug-likeness (QED) is 0.141. The van der Waals surface area contributed by atoms with E-state index in [0.29, 0.717) is 17.7 Å². The van der Waals surface area contributed by atoms with Crippen LogP contribution in [0.5, 0.6) is 0 Å². The summed E-state index contributed by atoms with van der Waals surface area (Å²) in [5, 5.41) is 35.6. The van der Waals surface area contributed by atoms with Crippen LogP contribution in [0.3, 0.4) is 0 Å². The van der Waals surface area contributed by atoms with Crippen molar-refractivity contribution in [3.05, 3.63) is 35.9 Å². The van der Waals surface area contributed by atoms with E-state index in [1.54, 1.807) is 30.3 Å². The molecule has 8 N–H and O–H groups in total. The molecule has 0 aliphatic heterocycles. The molecule has 36 heavy (non-hydrogen) atoms. The molecule has 0 aliphatic rings. The molecule has 12 nitrogen and oxygen atoms in total. The van der Waals surface area contributed by atoms with Crippen LogP contribution in [0.15, 0.2) is 30.3 Å². The lowest BCUT2D eigenvalue weighted by molar-refractivity contribution is -0.143. The summed E-state index contributed by atoms with van der Waals surface area (Å²) in [6, 6.07) is 3.37. The molecule has 1 aromatic rings. The summed E-state index contributed by atoms with van der Waals surface area (Å²) >= 11 is 1.48. The van der Waals surface area contributed by atoms with E-state index in [9.17, 15) is 34.2 Å². The molecule has 0 heterocycles. The summed E-state index contributed by atoms with van der Waals surface area (Å²) in [6.07, 6.45) is -0.0776. The molecule has 0 fully saturated rings. The van der Waals surface area contributed by atoms with Gasteiger partial charge in [0.2, 0.25) is 17.7 Å². The Hall–Kier alpha value is -3.16. The van der Waals surface area contributed by atoms with Gasteiger partial charge in [-0.3, -0.25) is 19.2 Å². The van der Waals surface area contributed by atoms with Gasteiger partial charge < -0.3 is 37.0 Å². The van der Waals surface area contributed by atoms with Gasteiger partial charge in [0.05, 0.1) is 12.1 Å². The van der Waals surface area contributed by atoms with Crippen molar-refractivity contribution in [1.82, 2.24) is 16.0 Å². The second kappa shape index (κ2) is 15.8. The fourth-order valence-electron chi connectivity index (χ4n) is 3.16. The van der Waals surface area contributed by atoms with Gasteiger partial charge in [-0.25, -0.2) is 4.79 Å². The lowest BCUT2D eigenvalue weighted by Gasteiger charge is -2.26. The highest BCUT2D eigenvalue weighted by Crippen LogP contribution is 2.07. The van der Waals surface area contributed by atoms with Crippen LogP contribution in [0.25, 0.3) is 0 Å². The monoisotopic (exact) mass is 526 g/mol. The van der Waals surface area contributed by atoms with E-state index in [2.05, 4.69) is 16.0 Å². The predicted molar refractivity (Wildman–Crippen MR) is 133 cm³/mol. The van der Waals surface area contributed by atoms with Gasteiger partial charge in [0.15, 0.2) is 0 Å². The number of carboxylic acids is 2. The number of carbonyl (C=O) groups is 5. The molecule has 0 aliphatic carbocycles. The Morgan fingerprint density at radius 2 is 1.53 bits per heavy atom. The molecule has 200 valence electrons.